The molecule has 0 saturated heterocycles. The van der Waals surface area contributed by atoms with Gasteiger partial charge in [0.15, 0.2) is 0 Å². The van der Waals surface area contributed by atoms with E-state index in [0.29, 0.717) is 19.1 Å². The quantitative estimate of drug-likeness (QED) is 0.661. The molecule has 4 heteroatoms. The molecular weight excluding hydrogens is 218 g/mol. The number of esters is 1. The maximum Gasteiger partial charge on any atom is 0.325 e. The Bertz CT molecular complexity index is 253. The van der Waals surface area contributed by atoms with Gasteiger partial charge in [-0.25, -0.2) is 0 Å². The van der Waals surface area contributed by atoms with Gasteiger partial charge in [-0.1, -0.05) is 6.92 Å². The molecule has 0 aromatic rings. The molecule has 1 saturated carbocycles. The van der Waals surface area contributed by atoms with Crippen molar-refractivity contribution in [2.45, 2.75) is 64.1 Å². The number of hydrogen-bond acceptors (Lipinski definition) is 4. The monoisotopic (exact) mass is 243 g/mol. The van der Waals surface area contributed by atoms with Crippen LogP contribution in [-0.2, 0) is 14.3 Å². The Morgan fingerprint density at radius 2 is 2.18 bits per heavy atom. The molecule has 0 spiro atoms. The molecular formula is C13H25NO3. The van der Waals surface area contributed by atoms with E-state index in [1.54, 1.807) is 0 Å². The number of methoxy groups -OCH3 is 1. The first kappa shape index (κ1) is 14.5. The summed E-state index contributed by atoms with van der Waals surface area (Å²) in [6.45, 7) is 6.62. The molecule has 0 aromatic heterocycles. The van der Waals surface area contributed by atoms with Gasteiger partial charge in [0, 0.05) is 12.6 Å². The van der Waals surface area contributed by atoms with E-state index < -0.39 is 5.54 Å². The summed E-state index contributed by atoms with van der Waals surface area (Å²) < 4.78 is 10.5. The van der Waals surface area contributed by atoms with Gasteiger partial charge in [0.1, 0.15) is 5.54 Å². The highest BCUT2D eigenvalue weighted by molar-refractivity contribution is 5.80. The van der Waals surface area contributed by atoms with E-state index in [0.717, 1.165) is 19.3 Å². The second-order valence-electron chi connectivity index (χ2n) is 5.08. The van der Waals surface area contributed by atoms with E-state index in [1.165, 1.54) is 7.11 Å². The summed E-state index contributed by atoms with van der Waals surface area (Å²) in [5, 5.41) is 3.36. The predicted molar refractivity (Wildman–Crippen MR) is 66.9 cm³/mol. The summed E-state index contributed by atoms with van der Waals surface area (Å²) in [4.78, 5) is 11.8. The molecule has 2 atom stereocenters. The Morgan fingerprint density at radius 3 is 2.65 bits per heavy atom. The summed E-state index contributed by atoms with van der Waals surface area (Å²) in [7, 11) is 1.44. The molecule has 2 unspecified atom stereocenters. The van der Waals surface area contributed by atoms with Crippen molar-refractivity contribution in [3.63, 3.8) is 0 Å². The van der Waals surface area contributed by atoms with Gasteiger partial charge >= 0.3 is 5.97 Å². The number of rotatable bonds is 8. The minimum atomic E-state index is -0.608. The molecule has 1 aliphatic carbocycles. The molecule has 4 nitrogen and oxygen atoms in total. The zero-order chi connectivity index (χ0) is 12.9. The lowest BCUT2D eigenvalue weighted by molar-refractivity contribution is -0.149. The SMILES string of the molecule is CCC(C)OCCC(C)(NC1CC1)C(=O)OC. The largest absolute Gasteiger partial charge is 0.468 e. The smallest absolute Gasteiger partial charge is 0.325 e. The fourth-order valence-corrected chi connectivity index (χ4v) is 1.72. The van der Waals surface area contributed by atoms with Gasteiger partial charge in [0.2, 0.25) is 0 Å². The van der Waals surface area contributed by atoms with E-state index >= 15 is 0 Å². The molecule has 1 rings (SSSR count). The lowest BCUT2D eigenvalue weighted by atomic mass is 9.98. The molecule has 1 aliphatic rings. The standard InChI is InChI=1S/C13H25NO3/c1-5-10(2)17-9-8-13(3,12(15)16-4)14-11-6-7-11/h10-11,14H,5-9H2,1-4H3. The zero-order valence-electron chi connectivity index (χ0n) is 11.4. The fourth-order valence-electron chi connectivity index (χ4n) is 1.72. The van der Waals surface area contributed by atoms with Crippen molar-refractivity contribution >= 4 is 5.97 Å². The molecule has 0 radical (unpaired) electrons. The van der Waals surface area contributed by atoms with Crippen LogP contribution in [0, 0.1) is 0 Å². The van der Waals surface area contributed by atoms with Crippen LogP contribution in [-0.4, -0.2) is 37.4 Å². The van der Waals surface area contributed by atoms with E-state index in [1.807, 2.05) is 13.8 Å². The Morgan fingerprint density at radius 1 is 1.53 bits per heavy atom. The van der Waals surface area contributed by atoms with Gasteiger partial charge in [-0.2, -0.15) is 0 Å². The van der Waals surface area contributed by atoms with E-state index in [-0.39, 0.29) is 12.1 Å². The summed E-state index contributed by atoms with van der Waals surface area (Å²) in [5.41, 5.74) is -0.608. The molecule has 1 fully saturated rings. The summed E-state index contributed by atoms with van der Waals surface area (Å²) in [6, 6.07) is 0.475. The Labute approximate surface area is 104 Å². The van der Waals surface area contributed by atoms with Crippen LogP contribution in [0.15, 0.2) is 0 Å². The third kappa shape index (κ3) is 4.64. The summed E-state index contributed by atoms with van der Waals surface area (Å²) >= 11 is 0. The maximum absolute atomic E-state index is 11.8. The molecule has 0 aliphatic heterocycles. The Kier molecular flexibility index (Phi) is 5.40. The highest BCUT2D eigenvalue weighted by Crippen LogP contribution is 2.25. The molecule has 0 heterocycles. The molecule has 0 bridgehead atoms. The van der Waals surface area contributed by atoms with E-state index in [2.05, 4.69) is 12.2 Å². The van der Waals surface area contributed by atoms with Crippen molar-refractivity contribution in [1.29, 1.82) is 0 Å². The molecule has 0 amide bonds. The summed E-state index contributed by atoms with van der Waals surface area (Å²) in [6.07, 6.45) is 4.20. The van der Waals surface area contributed by atoms with Crippen molar-refractivity contribution in [2.75, 3.05) is 13.7 Å². The first-order valence-corrected chi connectivity index (χ1v) is 6.49. The average molecular weight is 243 g/mol. The van der Waals surface area contributed by atoms with Crippen LogP contribution in [0.25, 0.3) is 0 Å². The van der Waals surface area contributed by atoms with Gasteiger partial charge < -0.3 is 9.47 Å². The summed E-state index contributed by atoms with van der Waals surface area (Å²) in [5.74, 6) is -0.197. The molecule has 100 valence electrons. The first-order chi connectivity index (χ1) is 8.01. The number of carbonyl (C=O) groups excluding carboxylic acids is 1. The van der Waals surface area contributed by atoms with Crippen molar-refractivity contribution in [3.8, 4) is 0 Å². The number of carbonyl (C=O) groups is 1. The van der Waals surface area contributed by atoms with Crippen LogP contribution in [0.5, 0.6) is 0 Å². The number of ether oxygens (including phenoxy) is 2. The highest BCUT2D eigenvalue weighted by Gasteiger charge is 2.39. The Hall–Kier alpha value is -0.610. The predicted octanol–water partition coefficient (Wildman–Crippen LogP) is 1.88. The van der Waals surface area contributed by atoms with Crippen LogP contribution in [0.3, 0.4) is 0 Å². The molecule has 0 aromatic carbocycles. The minimum Gasteiger partial charge on any atom is -0.468 e. The van der Waals surface area contributed by atoms with Crippen molar-refractivity contribution in [3.05, 3.63) is 0 Å². The van der Waals surface area contributed by atoms with Gasteiger partial charge in [0.25, 0.3) is 0 Å². The van der Waals surface area contributed by atoms with Crippen LogP contribution < -0.4 is 5.32 Å². The average Bonchev–Trinajstić information content (AvgIpc) is 3.11. The van der Waals surface area contributed by atoms with E-state index in [9.17, 15) is 4.79 Å². The van der Waals surface area contributed by atoms with Gasteiger partial charge in [-0.05, 0) is 39.5 Å². The van der Waals surface area contributed by atoms with Crippen molar-refractivity contribution in [2.24, 2.45) is 0 Å². The Balaban J connectivity index is 2.42. The van der Waals surface area contributed by atoms with Crippen molar-refractivity contribution in [1.82, 2.24) is 5.32 Å². The van der Waals surface area contributed by atoms with Gasteiger partial charge in [0.05, 0.1) is 13.2 Å². The fraction of sp³-hybridized carbons (Fsp3) is 0.923. The van der Waals surface area contributed by atoms with Crippen molar-refractivity contribution < 1.29 is 14.3 Å². The highest BCUT2D eigenvalue weighted by atomic mass is 16.5. The lowest BCUT2D eigenvalue weighted by Crippen LogP contribution is -2.52. The van der Waals surface area contributed by atoms with Crippen LogP contribution in [0.2, 0.25) is 0 Å². The maximum atomic E-state index is 11.8. The van der Waals surface area contributed by atoms with E-state index in [4.69, 9.17) is 9.47 Å². The molecule has 17 heavy (non-hydrogen) atoms. The zero-order valence-corrected chi connectivity index (χ0v) is 11.4. The normalized spacial score (nSPS) is 20.7. The van der Waals surface area contributed by atoms with Crippen LogP contribution in [0.4, 0.5) is 0 Å². The lowest BCUT2D eigenvalue weighted by Gasteiger charge is -2.28. The number of hydrogen-bond donors (Lipinski definition) is 1. The number of nitrogens with one attached hydrogen (secondary N) is 1. The van der Waals surface area contributed by atoms with Gasteiger partial charge in [-0.15, -0.1) is 0 Å². The first-order valence-electron chi connectivity index (χ1n) is 6.49. The van der Waals surface area contributed by atoms with Crippen LogP contribution >= 0.6 is 0 Å². The topological polar surface area (TPSA) is 47.6 Å². The second kappa shape index (κ2) is 6.36. The third-order valence-electron chi connectivity index (χ3n) is 3.32. The second-order valence-corrected chi connectivity index (χ2v) is 5.08. The van der Waals surface area contributed by atoms with Crippen LogP contribution in [0.1, 0.15) is 46.5 Å². The molecule has 1 N–H and O–H groups in total. The third-order valence-corrected chi connectivity index (χ3v) is 3.32. The van der Waals surface area contributed by atoms with Gasteiger partial charge in [-0.3, -0.25) is 10.1 Å². The minimum absolute atomic E-state index is 0.197.